The van der Waals surface area contributed by atoms with E-state index in [2.05, 4.69) is 9.44 Å². The summed E-state index contributed by atoms with van der Waals surface area (Å²) in [5.41, 5.74) is 1.27. The summed E-state index contributed by atoms with van der Waals surface area (Å²) < 4.78 is 73.5. The van der Waals surface area contributed by atoms with Gasteiger partial charge in [-0.15, -0.1) is 0 Å². The Morgan fingerprint density at radius 2 is 1.67 bits per heavy atom. The van der Waals surface area contributed by atoms with Gasteiger partial charge in [-0.05, 0) is 69.9 Å². The third kappa shape index (κ3) is 7.88. The molecule has 2 N–H and O–H groups in total. The van der Waals surface area contributed by atoms with E-state index in [0.717, 1.165) is 17.7 Å². The van der Waals surface area contributed by atoms with Gasteiger partial charge in [-0.25, -0.2) is 25.9 Å². The van der Waals surface area contributed by atoms with E-state index in [4.69, 9.17) is 4.74 Å². The standard InChI is InChI=1S/C22H29FN2O6S2/c1-4-31-22(26)20(25-33(29,30)21-15-18(23)11-10-17(21)3)7-5-6-14-24-32(27,28)19-12-8-16(2)9-13-19/h8-13,15,20,24-25H,4-7,14H2,1-3H3. The Kier molecular flexibility index (Phi) is 9.53. The third-order valence-corrected chi connectivity index (χ3v) is 7.94. The van der Waals surface area contributed by atoms with Crippen molar-refractivity contribution in [1.82, 2.24) is 9.44 Å². The fourth-order valence-electron chi connectivity index (χ4n) is 3.06. The summed E-state index contributed by atoms with van der Waals surface area (Å²) in [6.07, 6.45) is 0.783. The first-order valence-corrected chi connectivity index (χ1v) is 13.4. The van der Waals surface area contributed by atoms with Gasteiger partial charge in [0.25, 0.3) is 0 Å². The molecule has 33 heavy (non-hydrogen) atoms. The molecule has 182 valence electrons. The van der Waals surface area contributed by atoms with Gasteiger partial charge < -0.3 is 4.74 Å². The first kappa shape index (κ1) is 26.9. The lowest BCUT2D eigenvalue weighted by Crippen LogP contribution is -2.42. The van der Waals surface area contributed by atoms with Crippen LogP contribution < -0.4 is 9.44 Å². The molecule has 0 aliphatic carbocycles. The van der Waals surface area contributed by atoms with Crippen LogP contribution in [-0.4, -0.2) is 42.0 Å². The molecule has 0 aliphatic rings. The Labute approximate surface area is 194 Å². The van der Waals surface area contributed by atoms with Gasteiger partial charge in [0.15, 0.2) is 0 Å². The monoisotopic (exact) mass is 500 g/mol. The molecule has 0 heterocycles. The molecular weight excluding hydrogens is 471 g/mol. The van der Waals surface area contributed by atoms with Crippen LogP contribution in [0.15, 0.2) is 52.3 Å². The SMILES string of the molecule is CCOC(=O)C(CCCCNS(=O)(=O)c1ccc(C)cc1)NS(=O)(=O)c1cc(F)ccc1C. The van der Waals surface area contributed by atoms with Crippen LogP contribution in [0.4, 0.5) is 4.39 Å². The lowest BCUT2D eigenvalue weighted by molar-refractivity contribution is -0.145. The number of esters is 1. The molecule has 2 rings (SSSR count). The van der Waals surface area contributed by atoms with E-state index in [9.17, 15) is 26.0 Å². The van der Waals surface area contributed by atoms with E-state index in [-0.39, 0.29) is 29.4 Å². The zero-order chi connectivity index (χ0) is 24.6. The lowest BCUT2D eigenvalue weighted by atomic mass is 10.1. The molecule has 0 spiro atoms. The minimum Gasteiger partial charge on any atom is -0.465 e. The number of sulfonamides is 2. The van der Waals surface area contributed by atoms with E-state index in [1.165, 1.54) is 25.1 Å². The van der Waals surface area contributed by atoms with Gasteiger partial charge in [0.2, 0.25) is 20.0 Å². The van der Waals surface area contributed by atoms with Crippen molar-refractivity contribution in [3.63, 3.8) is 0 Å². The first-order chi connectivity index (χ1) is 15.5. The van der Waals surface area contributed by atoms with Gasteiger partial charge in [0.05, 0.1) is 16.4 Å². The van der Waals surface area contributed by atoms with E-state index in [0.29, 0.717) is 18.4 Å². The van der Waals surface area contributed by atoms with Gasteiger partial charge in [-0.3, -0.25) is 4.79 Å². The van der Waals surface area contributed by atoms with Crippen LogP contribution in [0.5, 0.6) is 0 Å². The van der Waals surface area contributed by atoms with Gasteiger partial charge in [-0.2, -0.15) is 4.72 Å². The summed E-state index contributed by atoms with van der Waals surface area (Å²) >= 11 is 0. The number of ether oxygens (including phenoxy) is 1. The number of hydrogen-bond acceptors (Lipinski definition) is 6. The number of nitrogens with one attached hydrogen (secondary N) is 2. The van der Waals surface area contributed by atoms with E-state index < -0.39 is 37.9 Å². The fourth-order valence-corrected chi connectivity index (χ4v) is 5.61. The molecule has 0 bridgehead atoms. The van der Waals surface area contributed by atoms with Crippen LogP contribution >= 0.6 is 0 Å². The lowest BCUT2D eigenvalue weighted by Gasteiger charge is -2.18. The van der Waals surface area contributed by atoms with Crippen molar-refractivity contribution in [2.75, 3.05) is 13.2 Å². The molecule has 0 fully saturated rings. The number of hydrogen-bond donors (Lipinski definition) is 2. The van der Waals surface area contributed by atoms with Crippen LogP contribution in [-0.2, 0) is 29.6 Å². The van der Waals surface area contributed by atoms with Crippen molar-refractivity contribution < 1.29 is 30.8 Å². The second-order valence-electron chi connectivity index (χ2n) is 7.54. The molecular formula is C22H29FN2O6S2. The van der Waals surface area contributed by atoms with Gasteiger partial charge in [0, 0.05) is 6.54 Å². The second kappa shape index (κ2) is 11.7. The summed E-state index contributed by atoms with van der Waals surface area (Å²) in [5, 5.41) is 0. The molecule has 8 nitrogen and oxygen atoms in total. The molecule has 0 radical (unpaired) electrons. The van der Waals surface area contributed by atoms with Gasteiger partial charge >= 0.3 is 5.97 Å². The van der Waals surface area contributed by atoms with Crippen molar-refractivity contribution in [1.29, 1.82) is 0 Å². The average Bonchev–Trinajstić information content (AvgIpc) is 2.74. The molecule has 0 amide bonds. The van der Waals surface area contributed by atoms with Gasteiger partial charge in [-0.1, -0.05) is 23.8 Å². The van der Waals surface area contributed by atoms with Crippen LogP contribution in [0.3, 0.4) is 0 Å². The highest BCUT2D eigenvalue weighted by atomic mass is 32.2. The Balaban J connectivity index is 1.99. The highest BCUT2D eigenvalue weighted by Gasteiger charge is 2.28. The molecule has 0 aliphatic heterocycles. The van der Waals surface area contributed by atoms with Crippen molar-refractivity contribution >= 4 is 26.0 Å². The third-order valence-electron chi connectivity index (χ3n) is 4.85. The fraction of sp³-hybridized carbons (Fsp3) is 0.409. The van der Waals surface area contributed by atoms with Crippen LogP contribution in [0.2, 0.25) is 0 Å². The number of rotatable bonds is 12. The molecule has 0 saturated carbocycles. The summed E-state index contributed by atoms with van der Waals surface area (Å²) in [6, 6.07) is 8.61. The summed E-state index contributed by atoms with van der Waals surface area (Å²) in [4.78, 5) is 12.2. The summed E-state index contributed by atoms with van der Waals surface area (Å²) in [7, 11) is -7.85. The van der Waals surface area contributed by atoms with Crippen molar-refractivity contribution in [2.24, 2.45) is 0 Å². The van der Waals surface area contributed by atoms with Crippen molar-refractivity contribution in [2.45, 2.75) is 55.9 Å². The Bertz CT molecular complexity index is 1170. The minimum absolute atomic E-state index is 0.0619. The first-order valence-electron chi connectivity index (χ1n) is 10.5. The molecule has 1 unspecified atom stereocenters. The van der Waals surface area contributed by atoms with Crippen LogP contribution in [0.1, 0.15) is 37.3 Å². The normalized spacial score (nSPS) is 13.0. The number of benzene rings is 2. The molecule has 0 aromatic heterocycles. The largest absolute Gasteiger partial charge is 0.465 e. The molecule has 0 saturated heterocycles. The van der Waals surface area contributed by atoms with Crippen LogP contribution in [0.25, 0.3) is 0 Å². The number of halogens is 1. The van der Waals surface area contributed by atoms with E-state index in [1.54, 1.807) is 19.1 Å². The quantitative estimate of drug-likeness (QED) is 0.342. The summed E-state index contributed by atoms with van der Waals surface area (Å²) in [5.74, 6) is -1.47. The molecule has 2 aromatic rings. The Hall–Kier alpha value is -2.34. The number of aryl methyl sites for hydroxylation is 2. The average molecular weight is 501 g/mol. The van der Waals surface area contributed by atoms with Crippen molar-refractivity contribution in [3.8, 4) is 0 Å². The second-order valence-corrected chi connectivity index (χ2v) is 11.0. The Morgan fingerprint density at radius 1 is 1.00 bits per heavy atom. The maximum absolute atomic E-state index is 13.6. The predicted molar refractivity (Wildman–Crippen MR) is 122 cm³/mol. The van der Waals surface area contributed by atoms with Crippen molar-refractivity contribution in [3.05, 3.63) is 59.4 Å². The zero-order valence-electron chi connectivity index (χ0n) is 18.8. The van der Waals surface area contributed by atoms with E-state index >= 15 is 0 Å². The molecule has 11 heteroatoms. The van der Waals surface area contributed by atoms with Gasteiger partial charge in [0.1, 0.15) is 11.9 Å². The topological polar surface area (TPSA) is 119 Å². The summed E-state index contributed by atoms with van der Waals surface area (Å²) in [6.45, 7) is 5.15. The van der Waals surface area contributed by atoms with E-state index in [1.807, 2.05) is 6.92 Å². The Morgan fingerprint density at radius 3 is 2.30 bits per heavy atom. The maximum atomic E-state index is 13.6. The molecule has 2 aromatic carbocycles. The predicted octanol–water partition coefficient (Wildman–Crippen LogP) is 2.80. The highest BCUT2D eigenvalue weighted by Crippen LogP contribution is 2.18. The maximum Gasteiger partial charge on any atom is 0.324 e. The molecule has 1 atom stereocenters. The number of carbonyl (C=O) groups excluding carboxylic acids is 1. The number of unbranched alkanes of at least 4 members (excludes halogenated alkanes) is 1. The highest BCUT2D eigenvalue weighted by molar-refractivity contribution is 7.89. The smallest absolute Gasteiger partial charge is 0.324 e. The van der Waals surface area contributed by atoms with Crippen LogP contribution in [0, 0.1) is 19.7 Å². The minimum atomic E-state index is -4.18. The number of carbonyl (C=O) groups is 1. The zero-order valence-corrected chi connectivity index (χ0v) is 20.4.